The van der Waals surface area contributed by atoms with Crippen molar-refractivity contribution in [2.45, 2.75) is 6.42 Å². The van der Waals surface area contributed by atoms with Crippen LogP contribution in [0, 0.1) is 0 Å². The highest BCUT2D eigenvalue weighted by Gasteiger charge is 1.94. The SMILES string of the molecule is O=C([O-])C=CC(=O)CC(=O)[O-]. The van der Waals surface area contributed by atoms with Crippen LogP contribution in [0.25, 0.3) is 0 Å². The first-order valence-corrected chi connectivity index (χ1v) is 2.64. The first-order chi connectivity index (χ1) is 5.02. The molecule has 0 bridgehead atoms. The molecule has 0 spiro atoms. The molecule has 0 aromatic carbocycles. The van der Waals surface area contributed by atoms with Gasteiger partial charge in [-0.25, -0.2) is 0 Å². The van der Waals surface area contributed by atoms with E-state index >= 15 is 0 Å². The highest BCUT2D eigenvalue weighted by Crippen LogP contribution is 1.82. The number of rotatable bonds is 4. The molecule has 0 saturated carbocycles. The lowest BCUT2D eigenvalue weighted by Crippen LogP contribution is -2.25. The van der Waals surface area contributed by atoms with Gasteiger partial charge in [0.2, 0.25) is 0 Å². The van der Waals surface area contributed by atoms with Gasteiger partial charge in [-0.05, 0) is 12.2 Å². The second-order valence-electron chi connectivity index (χ2n) is 1.67. The first-order valence-electron chi connectivity index (χ1n) is 2.64. The van der Waals surface area contributed by atoms with Crippen molar-refractivity contribution in [3.05, 3.63) is 12.2 Å². The Hall–Kier alpha value is -1.65. The highest BCUT2D eigenvalue weighted by molar-refractivity contribution is 6.02. The van der Waals surface area contributed by atoms with Gasteiger partial charge in [-0.1, -0.05) is 0 Å². The summed E-state index contributed by atoms with van der Waals surface area (Å²) in [5, 5.41) is 19.4. The molecule has 0 aliphatic carbocycles. The topological polar surface area (TPSA) is 97.3 Å². The zero-order chi connectivity index (χ0) is 8.85. The molecule has 0 aliphatic heterocycles. The Morgan fingerprint density at radius 2 is 1.64 bits per heavy atom. The zero-order valence-electron chi connectivity index (χ0n) is 5.40. The second-order valence-corrected chi connectivity index (χ2v) is 1.67. The van der Waals surface area contributed by atoms with Crippen LogP contribution in [0.15, 0.2) is 12.2 Å². The number of hydrogen-bond acceptors (Lipinski definition) is 5. The predicted molar refractivity (Wildman–Crippen MR) is 28.8 cm³/mol. The third kappa shape index (κ3) is 6.23. The standard InChI is InChI=1S/C6H6O5/c7-4(3-6(10)11)1-2-5(8)9/h1-2H,3H2,(H,8,9)(H,10,11)/p-2. The van der Waals surface area contributed by atoms with Crippen molar-refractivity contribution < 1.29 is 24.6 Å². The van der Waals surface area contributed by atoms with E-state index in [1.54, 1.807) is 0 Å². The van der Waals surface area contributed by atoms with Gasteiger partial charge in [-0.2, -0.15) is 0 Å². The molecule has 0 saturated heterocycles. The van der Waals surface area contributed by atoms with Crippen molar-refractivity contribution in [3.8, 4) is 0 Å². The molecule has 0 atom stereocenters. The van der Waals surface area contributed by atoms with Crippen molar-refractivity contribution in [1.82, 2.24) is 0 Å². The van der Waals surface area contributed by atoms with Gasteiger partial charge >= 0.3 is 0 Å². The van der Waals surface area contributed by atoms with E-state index in [0.29, 0.717) is 12.2 Å². The monoisotopic (exact) mass is 156 g/mol. The summed E-state index contributed by atoms with van der Waals surface area (Å²) >= 11 is 0. The molecule has 0 N–H and O–H groups in total. The van der Waals surface area contributed by atoms with Crippen molar-refractivity contribution in [3.63, 3.8) is 0 Å². The molecule has 0 aromatic rings. The number of carboxylic acid groups (broad SMARTS) is 2. The summed E-state index contributed by atoms with van der Waals surface area (Å²) in [5.74, 6) is -3.93. The Labute approximate surface area is 61.9 Å². The van der Waals surface area contributed by atoms with Crippen LogP contribution in [-0.2, 0) is 14.4 Å². The Balaban J connectivity index is 3.88. The summed E-state index contributed by atoms with van der Waals surface area (Å²) in [6.45, 7) is 0. The number of carboxylic acids is 2. The summed E-state index contributed by atoms with van der Waals surface area (Å²) in [7, 11) is 0. The smallest absolute Gasteiger partial charge is 0.161 e. The third-order valence-electron chi connectivity index (χ3n) is 0.724. The number of allylic oxidation sites excluding steroid dienone is 1. The van der Waals surface area contributed by atoms with E-state index in [0.717, 1.165) is 0 Å². The lowest BCUT2D eigenvalue weighted by molar-refractivity contribution is -0.304. The number of aliphatic carboxylic acids is 2. The van der Waals surface area contributed by atoms with Crippen LogP contribution in [-0.4, -0.2) is 17.7 Å². The van der Waals surface area contributed by atoms with E-state index in [-0.39, 0.29) is 0 Å². The summed E-state index contributed by atoms with van der Waals surface area (Å²) in [6, 6.07) is 0. The summed E-state index contributed by atoms with van der Waals surface area (Å²) in [4.78, 5) is 29.8. The zero-order valence-corrected chi connectivity index (χ0v) is 5.40. The number of hydrogen-bond donors (Lipinski definition) is 0. The average Bonchev–Trinajstić information content (AvgIpc) is 1.82. The molecular weight excluding hydrogens is 152 g/mol. The van der Waals surface area contributed by atoms with Crippen LogP contribution in [0.1, 0.15) is 6.42 Å². The van der Waals surface area contributed by atoms with Crippen molar-refractivity contribution in [2.24, 2.45) is 0 Å². The van der Waals surface area contributed by atoms with Crippen LogP contribution >= 0.6 is 0 Å². The fraction of sp³-hybridized carbons (Fsp3) is 0.167. The van der Waals surface area contributed by atoms with E-state index in [1.165, 1.54) is 0 Å². The Kier molecular flexibility index (Phi) is 3.58. The van der Waals surface area contributed by atoms with E-state index in [2.05, 4.69) is 0 Å². The van der Waals surface area contributed by atoms with Crippen LogP contribution in [0.4, 0.5) is 0 Å². The lowest BCUT2D eigenvalue weighted by atomic mass is 10.2. The van der Waals surface area contributed by atoms with Gasteiger partial charge in [0.05, 0.1) is 12.4 Å². The minimum Gasteiger partial charge on any atom is -0.550 e. The van der Waals surface area contributed by atoms with E-state index in [4.69, 9.17) is 0 Å². The number of ketones is 1. The van der Waals surface area contributed by atoms with Gasteiger partial charge in [-0.15, -0.1) is 0 Å². The van der Waals surface area contributed by atoms with Gasteiger partial charge in [0.15, 0.2) is 5.78 Å². The number of carbonyl (C=O) groups excluding carboxylic acids is 3. The molecule has 5 nitrogen and oxygen atoms in total. The Bertz CT molecular complexity index is 215. The fourth-order valence-electron chi connectivity index (χ4n) is 0.362. The van der Waals surface area contributed by atoms with Gasteiger partial charge in [0, 0.05) is 5.97 Å². The molecule has 0 aliphatic rings. The molecule has 0 heterocycles. The Morgan fingerprint density at radius 1 is 1.09 bits per heavy atom. The molecule has 11 heavy (non-hydrogen) atoms. The normalized spacial score (nSPS) is 9.82. The molecule has 0 fully saturated rings. The largest absolute Gasteiger partial charge is 0.550 e. The summed E-state index contributed by atoms with van der Waals surface area (Å²) in [6.07, 6.45) is 0.264. The maximum atomic E-state index is 10.4. The maximum absolute atomic E-state index is 10.4. The van der Waals surface area contributed by atoms with Gasteiger partial charge in [0.25, 0.3) is 0 Å². The molecule has 0 unspecified atom stereocenters. The van der Waals surface area contributed by atoms with Gasteiger partial charge in [-0.3, -0.25) is 4.79 Å². The first kappa shape index (κ1) is 9.35. The van der Waals surface area contributed by atoms with Crippen LogP contribution < -0.4 is 10.2 Å². The Morgan fingerprint density at radius 3 is 2.00 bits per heavy atom. The minimum atomic E-state index is -1.54. The highest BCUT2D eigenvalue weighted by atomic mass is 16.4. The minimum absolute atomic E-state index is 0.464. The van der Waals surface area contributed by atoms with Crippen LogP contribution in [0.5, 0.6) is 0 Å². The molecule has 0 amide bonds. The van der Waals surface area contributed by atoms with Crippen LogP contribution in [0.3, 0.4) is 0 Å². The lowest BCUT2D eigenvalue weighted by Gasteiger charge is -1.95. The fourth-order valence-corrected chi connectivity index (χ4v) is 0.362. The van der Waals surface area contributed by atoms with Crippen molar-refractivity contribution in [2.75, 3.05) is 0 Å². The summed E-state index contributed by atoms with van der Waals surface area (Å²) in [5.41, 5.74) is 0. The van der Waals surface area contributed by atoms with Crippen molar-refractivity contribution in [1.29, 1.82) is 0 Å². The quantitative estimate of drug-likeness (QED) is 0.319. The van der Waals surface area contributed by atoms with Crippen molar-refractivity contribution >= 4 is 17.7 Å². The molecule has 0 rings (SSSR count). The van der Waals surface area contributed by atoms with Gasteiger partial charge < -0.3 is 19.8 Å². The summed E-state index contributed by atoms with van der Waals surface area (Å²) < 4.78 is 0. The van der Waals surface area contributed by atoms with Gasteiger partial charge in [0.1, 0.15) is 0 Å². The number of carbonyl (C=O) groups is 3. The third-order valence-corrected chi connectivity index (χ3v) is 0.724. The molecule has 0 aromatic heterocycles. The van der Waals surface area contributed by atoms with E-state index in [1.807, 2.05) is 0 Å². The molecule has 5 heteroatoms. The molecule has 0 radical (unpaired) electrons. The van der Waals surface area contributed by atoms with E-state index in [9.17, 15) is 24.6 Å². The predicted octanol–water partition coefficient (Wildman–Crippen LogP) is -3.00. The van der Waals surface area contributed by atoms with E-state index < -0.39 is 24.1 Å². The average molecular weight is 156 g/mol. The maximum Gasteiger partial charge on any atom is 0.161 e. The molecule has 60 valence electrons. The molecular formula is C6H4O5-2. The second kappa shape index (κ2) is 4.21. The van der Waals surface area contributed by atoms with Crippen LogP contribution in [0.2, 0.25) is 0 Å².